The van der Waals surface area contributed by atoms with E-state index in [0.717, 1.165) is 100 Å². The third kappa shape index (κ3) is 12.7. The van der Waals surface area contributed by atoms with Gasteiger partial charge in [0, 0.05) is 69.1 Å². The lowest BCUT2D eigenvalue weighted by Gasteiger charge is -2.13. The Kier molecular flexibility index (Phi) is 16.6. The van der Waals surface area contributed by atoms with Crippen molar-refractivity contribution in [2.45, 2.75) is 0 Å². The van der Waals surface area contributed by atoms with Gasteiger partial charge in [-0.3, -0.25) is 9.97 Å². The third-order valence-electron chi connectivity index (χ3n) is 19.8. The number of aromatic nitrogens is 6. The highest BCUT2D eigenvalue weighted by atomic mass is 14.9. The Morgan fingerprint density at radius 3 is 0.990 bits per heavy atom. The first kappa shape index (κ1) is 62.3. The fraction of sp³-hybridized carbons (Fsp3) is 0. The molecule has 0 saturated heterocycles. The van der Waals surface area contributed by atoms with Crippen LogP contribution in [0.1, 0.15) is 0 Å². The summed E-state index contributed by atoms with van der Waals surface area (Å²) in [6.07, 6.45) is 7.55. The molecule has 6 nitrogen and oxygen atoms in total. The molecule has 0 atom stereocenters. The third-order valence-corrected chi connectivity index (χ3v) is 19.8. The van der Waals surface area contributed by atoms with Gasteiger partial charge in [0.2, 0.25) is 0 Å². The molecule has 0 saturated carbocycles. The first-order chi connectivity index (χ1) is 51.5. The minimum atomic E-state index is 0.685. The number of hydrogen-bond acceptors (Lipinski definition) is 6. The molecule has 4 heterocycles. The Morgan fingerprint density at radius 2 is 0.490 bits per heavy atom. The van der Waals surface area contributed by atoms with E-state index in [1.807, 2.05) is 24.7 Å². The first-order valence-electron chi connectivity index (χ1n) is 35.1. The van der Waals surface area contributed by atoms with E-state index in [1.54, 1.807) is 6.20 Å². The molecule has 0 bridgehead atoms. The van der Waals surface area contributed by atoms with Crippen LogP contribution >= 0.6 is 0 Å². The number of hydrogen-bond donors (Lipinski definition) is 0. The van der Waals surface area contributed by atoms with Gasteiger partial charge in [0.25, 0.3) is 0 Å². The summed E-state index contributed by atoms with van der Waals surface area (Å²) in [7, 11) is 0. The van der Waals surface area contributed by atoms with Crippen LogP contribution in [0, 0.1) is 0 Å². The van der Waals surface area contributed by atoms with E-state index in [4.69, 9.17) is 19.9 Å². The van der Waals surface area contributed by atoms with Gasteiger partial charge in [0.05, 0.1) is 22.8 Å². The molecule has 0 unspecified atom stereocenters. The molecule has 0 fully saturated rings. The molecule has 15 aromatic carbocycles. The molecule has 19 aromatic rings. The molecule has 486 valence electrons. The molecule has 0 aliphatic carbocycles. The summed E-state index contributed by atoms with van der Waals surface area (Å²) in [6, 6.07) is 129. The van der Waals surface area contributed by atoms with Gasteiger partial charge in [-0.15, -0.1) is 0 Å². The molecular weight excluding hydrogens is 1260 g/mol. The molecule has 6 heteroatoms. The molecule has 4 aromatic heterocycles. The van der Waals surface area contributed by atoms with Crippen molar-refractivity contribution in [1.82, 2.24) is 29.9 Å². The summed E-state index contributed by atoms with van der Waals surface area (Å²) >= 11 is 0. The van der Waals surface area contributed by atoms with Crippen LogP contribution in [0.4, 0.5) is 0 Å². The Labute approximate surface area is 603 Å². The van der Waals surface area contributed by atoms with Crippen molar-refractivity contribution in [1.29, 1.82) is 0 Å². The summed E-state index contributed by atoms with van der Waals surface area (Å²) in [4.78, 5) is 29.6. The van der Waals surface area contributed by atoms with Crippen molar-refractivity contribution in [3.8, 4) is 135 Å². The van der Waals surface area contributed by atoms with Gasteiger partial charge >= 0.3 is 0 Å². The van der Waals surface area contributed by atoms with E-state index in [1.165, 1.54) is 76.3 Å². The van der Waals surface area contributed by atoms with Crippen LogP contribution in [0.3, 0.4) is 0 Å². The summed E-state index contributed by atoms with van der Waals surface area (Å²) < 4.78 is 0. The molecule has 0 radical (unpaired) electrons. The SMILES string of the molecule is c1cc(-c2nc(-c3ccc(-c4cccc5ccccc45)cc3)cc(-c3ccc(-c4cncc5ccccc45)cc3)n2)cc(-c2cccc3ccccc23)c1.c1cncc(-c2ccc(-c3cc(-c4ccc(-c5ccc6ccccc6c5)cc4)nc(-c4cccc(-c5ccc6ccccc6c5)c4)n3)cc2)c1. The summed E-state index contributed by atoms with van der Waals surface area (Å²) in [5.41, 5.74) is 23.3. The second-order valence-electron chi connectivity index (χ2n) is 26.2. The molecule has 0 aliphatic rings. The van der Waals surface area contributed by atoms with Crippen molar-refractivity contribution in [2.24, 2.45) is 0 Å². The summed E-state index contributed by atoms with van der Waals surface area (Å²) in [6.45, 7) is 0. The van der Waals surface area contributed by atoms with Crippen LogP contribution in [0.2, 0.25) is 0 Å². The van der Waals surface area contributed by atoms with Crippen LogP contribution in [0.25, 0.3) is 188 Å². The Morgan fingerprint density at radius 1 is 0.154 bits per heavy atom. The maximum atomic E-state index is 5.23. The van der Waals surface area contributed by atoms with Crippen molar-refractivity contribution < 1.29 is 0 Å². The predicted octanol–water partition coefficient (Wildman–Crippen LogP) is 25.5. The molecule has 19 rings (SSSR count). The molecular formula is C98H64N6. The second-order valence-corrected chi connectivity index (χ2v) is 26.2. The Hall–Kier alpha value is -13.9. The maximum absolute atomic E-state index is 5.23. The van der Waals surface area contributed by atoms with Gasteiger partial charge in [0.1, 0.15) is 0 Å². The van der Waals surface area contributed by atoms with Crippen LogP contribution in [0.15, 0.2) is 389 Å². The highest BCUT2D eigenvalue weighted by molar-refractivity contribution is 6.00. The smallest absolute Gasteiger partial charge is 0.160 e. The van der Waals surface area contributed by atoms with Crippen molar-refractivity contribution in [3.05, 3.63) is 389 Å². The van der Waals surface area contributed by atoms with Crippen LogP contribution in [0.5, 0.6) is 0 Å². The molecule has 0 N–H and O–H groups in total. The van der Waals surface area contributed by atoms with E-state index in [9.17, 15) is 0 Å². The van der Waals surface area contributed by atoms with Gasteiger partial charge in [0.15, 0.2) is 11.6 Å². The fourth-order valence-electron chi connectivity index (χ4n) is 14.3. The Balaban J connectivity index is 0.000000149. The van der Waals surface area contributed by atoms with Gasteiger partial charge in [-0.25, -0.2) is 19.9 Å². The minimum Gasteiger partial charge on any atom is -0.264 e. The zero-order valence-corrected chi connectivity index (χ0v) is 56.6. The van der Waals surface area contributed by atoms with Crippen LogP contribution in [-0.4, -0.2) is 29.9 Å². The van der Waals surface area contributed by atoms with Crippen molar-refractivity contribution in [2.75, 3.05) is 0 Å². The number of pyridine rings is 2. The zero-order chi connectivity index (χ0) is 69.1. The normalized spacial score (nSPS) is 11.3. The fourth-order valence-corrected chi connectivity index (χ4v) is 14.3. The standard InChI is InChI=1S/C51H33N3.C47H31N3/c1-4-17-43-34(10-1)13-8-20-45(43)36-22-26-38(27-23-36)49-31-50(39-28-24-37(25-29-39)48-33-52-32-42-12-3-6-19-47(42)48)54-51(53-49)41-16-7-15-40(30-41)46-21-9-14-35-11-2-5-18-44(35)46;1-3-9-38-27-41(24-18-32(38)7-1)34-14-20-36(21-15-34)45-30-46(37-22-16-35(17-23-37)44-13-6-26-48-31-44)50-47(49-45)43-12-5-11-40(29-43)42-25-19-33-8-2-4-10-39(33)28-42/h1-33H;1-31H. The van der Waals surface area contributed by atoms with E-state index < -0.39 is 0 Å². The van der Waals surface area contributed by atoms with Crippen molar-refractivity contribution in [3.63, 3.8) is 0 Å². The number of fused-ring (bicyclic) bond motifs is 5. The van der Waals surface area contributed by atoms with Crippen LogP contribution in [-0.2, 0) is 0 Å². The summed E-state index contributed by atoms with van der Waals surface area (Å²) in [5, 5.41) is 12.2. The average molecular weight is 1330 g/mol. The first-order valence-corrected chi connectivity index (χ1v) is 35.1. The van der Waals surface area contributed by atoms with E-state index in [0.29, 0.717) is 11.6 Å². The highest BCUT2D eigenvalue weighted by Gasteiger charge is 2.17. The highest BCUT2D eigenvalue weighted by Crippen LogP contribution is 2.39. The quantitative estimate of drug-likeness (QED) is 0.121. The summed E-state index contributed by atoms with van der Waals surface area (Å²) in [5.74, 6) is 1.38. The zero-order valence-electron chi connectivity index (χ0n) is 56.6. The molecule has 0 amide bonds. The minimum absolute atomic E-state index is 0.685. The monoisotopic (exact) mass is 1320 g/mol. The second kappa shape index (κ2) is 27.6. The lowest BCUT2D eigenvalue weighted by molar-refractivity contribution is 1.18. The number of benzene rings is 15. The average Bonchev–Trinajstić information content (AvgIpc) is 0.817. The van der Waals surface area contributed by atoms with E-state index >= 15 is 0 Å². The van der Waals surface area contributed by atoms with E-state index in [-0.39, 0.29) is 0 Å². The molecule has 104 heavy (non-hydrogen) atoms. The number of nitrogens with zero attached hydrogens (tertiary/aromatic N) is 6. The lowest BCUT2D eigenvalue weighted by atomic mass is 9.96. The number of rotatable bonds is 12. The molecule has 0 aliphatic heterocycles. The predicted molar refractivity (Wildman–Crippen MR) is 432 cm³/mol. The van der Waals surface area contributed by atoms with Gasteiger partial charge in [-0.2, -0.15) is 0 Å². The van der Waals surface area contributed by atoms with Gasteiger partial charge in [-0.05, 0) is 152 Å². The van der Waals surface area contributed by atoms with Crippen molar-refractivity contribution >= 4 is 53.9 Å². The lowest BCUT2D eigenvalue weighted by Crippen LogP contribution is -1.96. The van der Waals surface area contributed by atoms with Crippen LogP contribution < -0.4 is 0 Å². The van der Waals surface area contributed by atoms with Gasteiger partial charge in [-0.1, -0.05) is 322 Å². The maximum Gasteiger partial charge on any atom is 0.160 e. The largest absolute Gasteiger partial charge is 0.264 e. The Bertz CT molecular complexity index is 6230. The topological polar surface area (TPSA) is 77.3 Å². The van der Waals surface area contributed by atoms with E-state index in [2.05, 4.69) is 368 Å². The molecule has 0 spiro atoms. The van der Waals surface area contributed by atoms with Gasteiger partial charge < -0.3 is 0 Å².